The zero-order valence-electron chi connectivity index (χ0n) is 14.8. The quantitative estimate of drug-likeness (QED) is 0.468. The van der Waals surface area contributed by atoms with Crippen LogP contribution < -0.4 is 5.32 Å². The number of hydrogen-bond donors (Lipinski definition) is 1. The Morgan fingerprint density at radius 3 is 2.44 bits per heavy atom. The SMILES string of the molecule is C/C=C/C(=O)c1c(-c2ccccc2NC(=O)C(C)(C)C)ccnc1Cl. The van der Waals surface area contributed by atoms with E-state index in [4.69, 9.17) is 11.6 Å². The highest BCUT2D eigenvalue weighted by Gasteiger charge is 2.23. The summed E-state index contributed by atoms with van der Waals surface area (Å²) in [6.45, 7) is 7.29. The average Bonchev–Trinajstić information content (AvgIpc) is 2.54. The summed E-state index contributed by atoms with van der Waals surface area (Å²) in [6.07, 6.45) is 4.65. The Balaban J connectivity index is 2.59. The van der Waals surface area contributed by atoms with Crippen molar-refractivity contribution >= 4 is 29.0 Å². The zero-order valence-corrected chi connectivity index (χ0v) is 15.5. The Morgan fingerprint density at radius 1 is 1.12 bits per heavy atom. The van der Waals surface area contributed by atoms with Crippen molar-refractivity contribution in [1.82, 2.24) is 4.98 Å². The van der Waals surface area contributed by atoms with Gasteiger partial charge in [-0.2, -0.15) is 0 Å². The Hall–Kier alpha value is -2.46. The molecule has 0 atom stereocenters. The second-order valence-electron chi connectivity index (χ2n) is 6.64. The summed E-state index contributed by atoms with van der Waals surface area (Å²) >= 11 is 6.19. The standard InChI is InChI=1S/C20H21ClN2O2/c1-5-8-16(24)17-14(11-12-22-18(17)21)13-9-6-7-10-15(13)23-19(25)20(2,3)4/h5-12H,1-4H3,(H,23,25)/b8-5+. The van der Waals surface area contributed by atoms with Crippen LogP contribution in [0.15, 0.2) is 48.7 Å². The van der Waals surface area contributed by atoms with E-state index in [-0.39, 0.29) is 16.8 Å². The number of anilines is 1. The van der Waals surface area contributed by atoms with E-state index in [1.165, 1.54) is 6.08 Å². The number of allylic oxidation sites excluding steroid dienone is 2. The summed E-state index contributed by atoms with van der Waals surface area (Å²) in [5, 5.41) is 3.07. The van der Waals surface area contributed by atoms with Gasteiger partial charge in [-0.3, -0.25) is 9.59 Å². The molecule has 1 aromatic carbocycles. The first-order valence-electron chi connectivity index (χ1n) is 7.98. The van der Waals surface area contributed by atoms with Gasteiger partial charge in [0.25, 0.3) is 0 Å². The molecule has 0 aliphatic heterocycles. The maximum Gasteiger partial charge on any atom is 0.229 e. The molecule has 1 amide bonds. The minimum absolute atomic E-state index is 0.110. The van der Waals surface area contributed by atoms with Crippen LogP contribution in [0.4, 0.5) is 5.69 Å². The van der Waals surface area contributed by atoms with Gasteiger partial charge in [0, 0.05) is 22.9 Å². The van der Waals surface area contributed by atoms with Gasteiger partial charge in [-0.1, -0.05) is 56.6 Å². The minimum Gasteiger partial charge on any atom is -0.325 e. The lowest BCUT2D eigenvalue weighted by Gasteiger charge is -2.20. The van der Waals surface area contributed by atoms with Crippen molar-refractivity contribution in [2.45, 2.75) is 27.7 Å². The summed E-state index contributed by atoms with van der Waals surface area (Å²) in [7, 11) is 0. The van der Waals surface area contributed by atoms with Crippen LogP contribution in [0.25, 0.3) is 11.1 Å². The number of para-hydroxylation sites is 1. The van der Waals surface area contributed by atoms with Gasteiger partial charge in [-0.25, -0.2) is 4.98 Å². The lowest BCUT2D eigenvalue weighted by molar-refractivity contribution is -0.123. The summed E-state index contributed by atoms with van der Waals surface area (Å²) in [5.74, 6) is -0.339. The first-order chi connectivity index (χ1) is 11.8. The van der Waals surface area contributed by atoms with Crippen LogP contribution >= 0.6 is 11.6 Å². The van der Waals surface area contributed by atoms with Gasteiger partial charge in [-0.15, -0.1) is 0 Å². The van der Waals surface area contributed by atoms with Crippen molar-refractivity contribution in [3.63, 3.8) is 0 Å². The molecule has 2 rings (SSSR count). The third kappa shape index (κ3) is 4.34. The number of carbonyl (C=O) groups excluding carboxylic acids is 2. The number of rotatable bonds is 4. The van der Waals surface area contributed by atoms with E-state index in [1.807, 2.05) is 39.0 Å². The molecular formula is C20H21ClN2O2. The van der Waals surface area contributed by atoms with Gasteiger partial charge in [0.05, 0.1) is 5.56 Å². The van der Waals surface area contributed by atoms with Gasteiger partial charge in [0.1, 0.15) is 5.15 Å². The van der Waals surface area contributed by atoms with Crippen LogP contribution in [-0.4, -0.2) is 16.7 Å². The van der Waals surface area contributed by atoms with Crippen molar-refractivity contribution in [2.75, 3.05) is 5.32 Å². The number of benzene rings is 1. The number of nitrogens with one attached hydrogen (secondary N) is 1. The number of amides is 1. The van der Waals surface area contributed by atoms with Crippen molar-refractivity contribution in [3.8, 4) is 11.1 Å². The van der Waals surface area contributed by atoms with Crippen molar-refractivity contribution < 1.29 is 9.59 Å². The lowest BCUT2D eigenvalue weighted by Crippen LogP contribution is -2.27. The summed E-state index contributed by atoms with van der Waals surface area (Å²) in [4.78, 5) is 28.9. The Morgan fingerprint density at radius 2 is 1.80 bits per heavy atom. The number of aromatic nitrogens is 1. The molecule has 1 N–H and O–H groups in total. The number of hydrogen-bond acceptors (Lipinski definition) is 3. The van der Waals surface area contributed by atoms with Gasteiger partial charge in [0.2, 0.25) is 5.91 Å². The fraction of sp³-hybridized carbons (Fsp3) is 0.250. The molecule has 0 radical (unpaired) electrons. The molecule has 0 aliphatic carbocycles. The zero-order chi connectivity index (χ0) is 18.6. The number of halogens is 1. The summed E-state index contributed by atoms with van der Waals surface area (Å²) in [5.41, 5.74) is 1.76. The maximum absolute atomic E-state index is 12.5. The molecule has 0 fully saturated rings. The molecule has 1 heterocycles. The summed E-state index contributed by atoms with van der Waals surface area (Å²) < 4.78 is 0. The van der Waals surface area contributed by atoms with Crippen LogP contribution in [0, 0.1) is 5.41 Å². The van der Waals surface area contributed by atoms with E-state index in [0.717, 1.165) is 5.56 Å². The van der Waals surface area contributed by atoms with E-state index in [2.05, 4.69) is 10.3 Å². The monoisotopic (exact) mass is 356 g/mol. The van der Waals surface area contributed by atoms with Crippen LogP contribution in [0.1, 0.15) is 38.1 Å². The van der Waals surface area contributed by atoms with E-state index in [0.29, 0.717) is 16.8 Å². The molecular weight excluding hydrogens is 336 g/mol. The topological polar surface area (TPSA) is 59.1 Å². The highest BCUT2D eigenvalue weighted by molar-refractivity contribution is 6.34. The van der Waals surface area contributed by atoms with Crippen molar-refractivity contribution in [2.24, 2.45) is 5.41 Å². The molecule has 0 aliphatic rings. The molecule has 130 valence electrons. The predicted molar refractivity (Wildman–Crippen MR) is 102 cm³/mol. The van der Waals surface area contributed by atoms with Crippen LogP contribution in [0.2, 0.25) is 5.15 Å². The fourth-order valence-electron chi connectivity index (χ4n) is 2.27. The van der Waals surface area contributed by atoms with Gasteiger partial charge in [-0.05, 0) is 30.7 Å². The molecule has 0 bridgehead atoms. The average molecular weight is 357 g/mol. The van der Waals surface area contributed by atoms with Gasteiger partial charge < -0.3 is 5.32 Å². The minimum atomic E-state index is -0.535. The second kappa shape index (κ2) is 7.62. The van der Waals surface area contributed by atoms with Crippen molar-refractivity contribution in [1.29, 1.82) is 0 Å². The molecule has 0 saturated heterocycles. The van der Waals surface area contributed by atoms with E-state index in [1.54, 1.807) is 31.3 Å². The van der Waals surface area contributed by atoms with E-state index < -0.39 is 5.41 Å². The highest BCUT2D eigenvalue weighted by Crippen LogP contribution is 2.34. The Kier molecular flexibility index (Phi) is 5.75. The summed E-state index contributed by atoms with van der Waals surface area (Å²) in [6, 6.07) is 9.05. The first kappa shape index (κ1) is 18.9. The predicted octanol–water partition coefficient (Wildman–Crippen LogP) is 5.15. The van der Waals surface area contributed by atoms with E-state index in [9.17, 15) is 9.59 Å². The van der Waals surface area contributed by atoms with Crippen molar-refractivity contribution in [3.05, 3.63) is 59.4 Å². The number of pyridine rings is 1. The molecule has 25 heavy (non-hydrogen) atoms. The third-order valence-corrected chi connectivity index (χ3v) is 3.90. The molecule has 4 nitrogen and oxygen atoms in total. The molecule has 0 unspecified atom stereocenters. The van der Waals surface area contributed by atoms with E-state index >= 15 is 0 Å². The highest BCUT2D eigenvalue weighted by atomic mass is 35.5. The van der Waals surface area contributed by atoms with Crippen LogP contribution in [-0.2, 0) is 4.79 Å². The van der Waals surface area contributed by atoms with Gasteiger partial charge >= 0.3 is 0 Å². The van der Waals surface area contributed by atoms with Crippen LogP contribution in [0.3, 0.4) is 0 Å². The Bertz CT molecular complexity index is 836. The maximum atomic E-state index is 12.5. The number of carbonyl (C=O) groups is 2. The molecule has 5 heteroatoms. The number of ketones is 1. The largest absolute Gasteiger partial charge is 0.325 e. The molecule has 0 spiro atoms. The Labute approximate surface area is 152 Å². The number of nitrogens with zero attached hydrogens (tertiary/aromatic N) is 1. The van der Waals surface area contributed by atoms with Gasteiger partial charge in [0.15, 0.2) is 5.78 Å². The normalized spacial score (nSPS) is 11.6. The fourth-order valence-corrected chi connectivity index (χ4v) is 2.52. The second-order valence-corrected chi connectivity index (χ2v) is 7.00. The first-order valence-corrected chi connectivity index (χ1v) is 8.36. The molecule has 2 aromatic rings. The van der Waals surface area contributed by atoms with Crippen LogP contribution in [0.5, 0.6) is 0 Å². The molecule has 1 aromatic heterocycles. The molecule has 0 saturated carbocycles. The third-order valence-electron chi connectivity index (χ3n) is 3.62. The lowest BCUT2D eigenvalue weighted by atomic mass is 9.94. The smallest absolute Gasteiger partial charge is 0.229 e.